The highest BCUT2D eigenvalue weighted by Gasteiger charge is 2.28. The molecule has 1 atom stereocenters. The fourth-order valence-electron chi connectivity index (χ4n) is 2.89. The summed E-state index contributed by atoms with van der Waals surface area (Å²) in [6.45, 7) is 17.0. The van der Waals surface area contributed by atoms with Gasteiger partial charge in [-0.25, -0.2) is 0 Å². The molecule has 0 aromatic heterocycles. The average molecular weight is 290 g/mol. The number of nitrogens with one attached hydrogen (secondary N) is 1. The molecule has 1 rings (SSSR count). The van der Waals surface area contributed by atoms with Crippen molar-refractivity contribution < 1.29 is 0 Å². The SMILES string of the molecule is CCCN(CC)CC(C)(CNCC(C)C)c1ccccc1. The normalized spacial score (nSPS) is 14.6. The molecule has 2 heteroatoms. The molecule has 0 radical (unpaired) electrons. The predicted molar refractivity (Wildman–Crippen MR) is 93.9 cm³/mol. The predicted octanol–water partition coefficient (Wildman–Crippen LogP) is 3.92. The van der Waals surface area contributed by atoms with E-state index in [1.807, 2.05) is 0 Å². The smallest absolute Gasteiger partial charge is 0.0177 e. The van der Waals surface area contributed by atoms with Crippen LogP contribution in [0.4, 0.5) is 0 Å². The van der Waals surface area contributed by atoms with Gasteiger partial charge in [0, 0.05) is 18.5 Å². The first-order valence-corrected chi connectivity index (χ1v) is 8.50. The molecule has 0 aliphatic heterocycles. The summed E-state index contributed by atoms with van der Waals surface area (Å²) in [7, 11) is 0. The topological polar surface area (TPSA) is 15.3 Å². The minimum Gasteiger partial charge on any atom is -0.316 e. The number of hydrogen-bond acceptors (Lipinski definition) is 2. The molecule has 1 aromatic carbocycles. The Morgan fingerprint density at radius 2 is 1.81 bits per heavy atom. The van der Waals surface area contributed by atoms with E-state index < -0.39 is 0 Å². The molecule has 2 nitrogen and oxygen atoms in total. The summed E-state index contributed by atoms with van der Waals surface area (Å²) in [5.41, 5.74) is 1.61. The molecule has 1 aromatic rings. The van der Waals surface area contributed by atoms with Crippen molar-refractivity contribution in [2.24, 2.45) is 5.92 Å². The lowest BCUT2D eigenvalue weighted by Gasteiger charge is -2.36. The lowest BCUT2D eigenvalue weighted by atomic mass is 9.81. The van der Waals surface area contributed by atoms with Crippen LogP contribution < -0.4 is 5.32 Å². The minimum absolute atomic E-state index is 0.168. The maximum absolute atomic E-state index is 3.67. The molecule has 0 fully saturated rings. The van der Waals surface area contributed by atoms with Crippen molar-refractivity contribution >= 4 is 0 Å². The van der Waals surface area contributed by atoms with Crippen molar-refractivity contribution in [3.63, 3.8) is 0 Å². The minimum atomic E-state index is 0.168. The van der Waals surface area contributed by atoms with Gasteiger partial charge in [0.2, 0.25) is 0 Å². The largest absolute Gasteiger partial charge is 0.316 e. The maximum Gasteiger partial charge on any atom is 0.0177 e. The first-order chi connectivity index (χ1) is 10.0. The fourth-order valence-corrected chi connectivity index (χ4v) is 2.89. The van der Waals surface area contributed by atoms with E-state index in [2.05, 4.69) is 75.2 Å². The molecule has 0 aliphatic rings. The molecule has 0 aliphatic carbocycles. The van der Waals surface area contributed by atoms with Crippen LogP contribution >= 0.6 is 0 Å². The van der Waals surface area contributed by atoms with E-state index in [9.17, 15) is 0 Å². The Hall–Kier alpha value is -0.860. The van der Waals surface area contributed by atoms with Crippen molar-refractivity contribution in [2.45, 2.75) is 46.5 Å². The summed E-state index contributed by atoms with van der Waals surface area (Å²) >= 11 is 0. The number of benzene rings is 1. The van der Waals surface area contributed by atoms with Crippen LogP contribution in [0.5, 0.6) is 0 Å². The molecule has 0 spiro atoms. The van der Waals surface area contributed by atoms with Crippen LogP contribution in [0.2, 0.25) is 0 Å². The van der Waals surface area contributed by atoms with Gasteiger partial charge in [-0.05, 0) is 37.5 Å². The van der Waals surface area contributed by atoms with Gasteiger partial charge in [-0.2, -0.15) is 0 Å². The second-order valence-electron chi connectivity index (χ2n) is 6.82. The molecule has 1 unspecified atom stereocenters. The van der Waals surface area contributed by atoms with E-state index in [1.54, 1.807) is 0 Å². The summed E-state index contributed by atoms with van der Waals surface area (Å²) in [5.74, 6) is 0.697. The number of rotatable bonds is 10. The van der Waals surface area contributed by atoms with Gasteiger partial charge in [-0.3, -0.25) is 0 Å². The zero-order valence-electron chi connectivity index (χ0n) is 14.7. The van der Waals surface area contributed by atoms with E-state index in [0.717, 1.165) is 26.2 Å². The Labute approximate surface area is 131 Å². The molecular weight excluding hydrogens is 256 g/mol. The highest BCUT2D eigenvalue weighted by molar-refractivity contribution is 5.25. The van der Waals surface area contributed by atoms with Crippen LogP contribution in [0.25, 0.3) is 0 Å². The Bertz CT molecular complexity index is 374. The summed E-state index contributed by atoms with van der Waals surface area (Å²) in [6.07, 6.45) is 1.22. The van der Waals surface area contributed by atoms with Crippen LogP contribution in [0.3, 0.4) is 0 Å². The van der Waals surface area contributed by atoms with E-state index in [4.69, 9.17) is 0 Å². The summed E-state index contributed by atoms with van der Waals surface area (Å²) in [4.78, 5) is 2.57. The third-order valence-electron chi connectivity index (χ3n) is 4.10. The standard InChI is InChI=1S/C19H34N2/c1-6-13-21(7-2)16-19(5,15-20-14-17(3)4)18-11-9-8-10-12-18/h8-12,17,20H,6-7,13-16H2,1-5H3. The van der Waals surface area contributed by atoms with Crippen molar-refractivity contribution in [1.82, 2.24) is 10.2 Å². The van der Waals surface area contributed by atoms with Crippen molar-refractivity contribution in [2.75, 3.05) is 32.7 Å². The van der Waals surface area contributed by atoms with E-state index in [-0.39, 0.29) is 5.41 Å². The molecule has 1 N–H and O–H groups in total. The average Bonchev–Trinajstić information content (AvgIpc) is 2.47. The van der Waals surface area contributed by atoms with Gasteiger partial charge < -0.3 is 10.2 Å². The van der Waals surface area contributed by atoms with Crippen LogP contribution in [0.15, 0.2) is 30.3 Å². The zero-order chi connectivity index (χ0) is 15.7. The number of hydrogen-bond donors (Lipinski definition) is 1. The van der Waals surface area contributed by atoms with Gasteiger partial charge in [0.25, 0.3) is 0 Å². The van der Waals surface area contributed by atoms with Crippen molar-refractivity contribution in [1.29, 1.82) is 0 Å². The highest BCUT2D eigenvalue weighted by atomic mass is 15.1. The van der Waals surface area contributed by atoms with Crippen molar-refractivity contribution in [3.05, 3.63) is 35.9 Å². The van der Waals surface area contributed by atoms with Gasteiger partial charge in [-0.15, -0.1) is 0 Å². The monoisotopic (exact) mass is 290 g/mol. The highest BCUT2D eigenvalue weighted by Crippen LogP contribution is 2.24. The van der Waals surface area contributed by atoms with Crippen LogP contribution in [-0.2, 0) is 5.41 Å². The molecule has 21 heavy (non-hydrogen) atoms. The lowest BCUT2D eigenvalue weighted by Crippen LogP contribution is -2.46. The van der Waals surface area contributed by atoms with Crippen molar-refractivity contribution in [3.8, 4) is 0 Å². The maximum atomic E-state index is 3.67. The van der Waals surface area contributed by atoms with Gasteiger partial charge in [0.15, 0.2) is 0 Å². The van der Waals surface area contributed by atoms with E-state index >= 15 is 0 Å². The molecule has 120 valence electrons. The quantitative estimate of drug-likeness (QED) is 0.702. The lowest BCUT2D eigenvalue weighted by molar-refractivity contribution is 0.219. The van der Waals surface area contributed by atoms with Gasteiger partial charge >= 0.3 is 0 Å². The third kappa shape index (κ3) is 6.19. The molecule has 0 heterocycles. The first kappa shape index (κ1) is 18.2. The fraction of sp³-hybridized carbons (Fsp3) is 0.684. The number of nitrogens with zero attached hydrogens (tertiary/aromatic N) is 1. The van der Waals surface area contributed by atoms with E-state index in [1.165, 1.54) is 18.5 Å². The molecule has 0 saturated carbocycles. The van der Waals surface area contributed by atoms with Gasteiger partial charge in [-0.1, -0.05) is 65.0 Å². The Morgan fingerprint density at radius 1 is 1.14 bits per heavy atom. The summed E-state index contributed by atoms with van der Waals surface area (Å²) in [6, 6.07) is 11.0. The van der Waals surface area contributed by atoms with Crippen LogP contribution in [-0.4, -0.2) is 37.6 Å². The second kappa shape index (κ2) is 9.22. The van der Waals surface area contributed by atoms with Crippen LogP contribution in [0.1, 0.15) is 46.6 Å². The number of likely N-dealkylation sites (N-methyl/N-ethyl adjacent to an activating group) is 1. The third-order valence-corrected chi connectivity index (χ3v) is 4.10. The first-order valence-electron chi connectivity index (χ1n) is 8.50. The molecule has 0 amide bonds. The molecule has 0 bridgehead atoms. The van der Waals surface area contributed by atoms with E-state index in [0.29, 0.717) is 5.92 Å². The summed E-state index contributed by atoms with van der Waals surface area (Å²) in [5, 5.41) is 3.67. The Kier molecular flexibility index (Phi) is 7.98. The zero-order valence-corrected chi connectivity index (χ0v) is 14.7. The molecule has 0 saturated heterocycles. The Balaban J connectivity index is 2.82. The van der Waals surface area contributed by atoms with Gasteiger partial charge in [0.1, 0.15) is 0 Å². The molecular formula is C19H34N2. The van der Waals surface area contributed by atoms with Crippen LogP contribution in [0, 0.1) is 5.92 Å². The van der Waals surface area contributed by atoms with Gasteiger partial charge in [0.05, 0.1) is 0 Å². The summed E-state index contributed by atoms with van der Waals surface area (Å²) < 4.78 is 0. The second-order valence-corrected chi connectivity index (χ2v) is 6.82. The Morgan fingerprint density at radius 3 is 2.33 bits per heavy atom.